The number of carbonyl (C=O) groups is 3. The third-order valence-electron chi connectivity index (χ3n) is 9.53. The largest absolute Gasteiger partial charge is 0.339 e. The van der Waals surface area contributed by atoms with E-state index in [0.29, 0.717) is 25.3 Å². The van der Waals surface area contributed by atoms with Crippen LogP contribution in [0.25, 0.3) is 0 Å². The quantitative estimate of drug-likeness (QED) is 0.475. The first-order chi connectivity index (χ1) is 19.0. The number of amides is 3. The summed E-state index contributed by atoms with van der Waals surface area (Å²) in [5, 5.41) is 19.4. The predicted octanol–water partition coefficient (Wildman–Crippen LogP) is 2.71. The summed E-state index contributed by atoms with van der Waals surface area (Å²) in [6, 6.07) is 0.180. The molecular formula is C30H43N7O3. The summed E-state index contributed by atoms with van der Waals surface area (Å²) in [4.78, 5) is 50.8. The molecule has 2 aliphatic carbocycles. The molecule has 0 bridgehead atoms. The Labute approximate surface area is 237 Å². The van der Waals surface area contributed by atoms with Gasteiger partial charge in [0.1, 0.15) is 23.8 Å². The maximum Gasteiger partial charge on any atom is 0.272 e. The smallest absolute Gasteiger partial charge is 0.272 e. The van der Waals surface area contributed by atoms with E-state index in [9.17, 15) is 19.6 Å². The van der Waals surface area contributed by atoms with E-state index >= 15 is 0 Å². The van der Waals surface area contributed by atoms with E-state index in [1.54, 1.807) is 4.90 Å². The zero-order valence-electron chi connectivity index (χ0n) is 24.0. The molecule has 5 rings (SSSR count). The molecule has 40 heavy (non-hydrogen) atoms. The zero-order valence-corrected chi connectivity index (χ0v) is 24.0. The predicted molar refractivity (Wildman–Crippen MR) is 149 cm³/mol. The van der Waals surface area contributed by atoms with Gasteiger partial charge in [0.25, 0.3) is 5.91 Å². The topological polar surface area (TPSA) is 140 Å². The summed E-state index contributed by atoms with van der Waals surface area (Å²) in [6.45, 7) is 7.08. The summed E-state index contributed by atoms with van der Waals surface area (Å²) in [7, 11) is 0. The SMILES string of the molecule is CC(C)(C)C(NC(=O)c1cnccn1)C(=O)N1CC2(CCCCC2)CC1C(=O)NC(C#N)CC1CNC2(CC2)C1. The summed E-state index contributed by atoms with van der Waals surface area (Å²) in [5.74, 6) is -0.643. The number of aromatic nitrogens is 2. The van der Waals surface area contributed by atoms with Crippen LogP contribution in [-0.2, 0) is 9.59 Å². The molecule has 3 amide bonds. The molecule has 0 aromatic carbocycles. The maximum absolute atomic E-state index is 14.2. The van der Waals surface area contributed by atoms with Gasteiger partial charge in [-0.2, -0.15) is 5.26 Å². The normalized spacial score (nSPS) is 26.2. The number of nitriles is 1. The number of hydrogen-bond acceptors (Lipinski definition) is 7. The minimum atomic E-state index is -0.859. The molecule has 4 fully saturated rings. The van der Waals surface area contributed by atoms with Gasteiger partial charge in [0.15, 0.2) is 0 Å². The van der Waals surface area contributed by atoms with Crippen molar-refractivity contribution in [2.75, 3.05) is 13.1 Å². The minimum absolute atomic E-state index is 0.108. The Morgan fingerprint density at radius 1 is 1.12 bits per heavy atom. The fourth-order valence-electron chi connectivity index (χ4n) is 7.12. The Hall–Kier alpha value is -3.06. The van der Waals surface area contributed by atoms with Crippen molar-refractivity contribution in [2.24, 2.45) is 16.7 Å². The number of rotatable bonds is 7. The average molecular weight is 550 g/mol. The van der Waals surface area contributed by atoms with Crippen LogP contribution in [0.1, 0.15) is 95.5 Å². The highest BCUT2D eigenvalue weighted by Gasteiger charge is 2.52. The molecule has 216 valence electrons. The van der Waals surface area contributed by atoms with Gasteiger partial charge in [-0.05, 0) is 68.2 Å². The number of likely N-dealkylation sites (tertiary alicyclic amines) is 1. The second-order valence-electron chi connectivity index (χ2n) is 13.8. The van der Waals surface area contributed by atoms with Crippen molar-refractivity contribution in [2.45, 2.75) is 109 Å². The second kappa shape index (κ2) is 11.1. The van der Waals surface area contributed by atoms with Gasteiger partial charge in [0, 0.05) is 24.5 Å². The first kappa shape index (κ1) is 28.5. The van der Waals surface area contributed by atoms with Gasteiger partial charge in [-0.1, -0.05) is 40.0 Å². The Morgan fingerprint density at radius 3 is 2.48 bits per heavy atom. The van der Waals surface area contributed by atoms with Gasteiger partial charge in [0.2, 0.25) is 11.8 Å². The van der Waals surface area contributed by atoms with Gasteiger partial charge < -0.3 is 20.9 Å². The molecule has 2 saturated carbocycles. The summed E-state index contributed by atoms with van der Waals surface area (Å²) < 4.78 is 0. The monoisotopic (exact) mass is 549 g/mol. The Kier molecular flexibility index (Phi) is 7.88. The molecule has 1 aromatic rings. The first-order valence-corrected chi connectivity index (χ1v) is 14.9. The van der Waals surface area contributed by atoms with Gasteiger partial charge in [-0.25, -0.2) is 4.98 Å². The van der Waals surface area contributed by atoms with Crippen LogP contribution in [-0.4, -0.2) is 69.3 Å². The van der Waals surface area contributed by atoms with Crippen LogP contribution in [0.3, 0.4) is 0 Å². The lowest BCUT2D eigenvalue weighted by Gasteiger charge is -2.36. The number of carbonyl (C=O) groups excluding carboxylic acids is 3. The Morgan fingerprint density at radius 2 is 1.88 bits per heavy atom. The Bertz CT molecular complexity index is 1150. The Balaban J connectivity index is 1.33. The van der Waals surface area contributed by atoms with Crippen molar-refractivity contribution in [3.05, 3.63) is 24.3 Å². The van der Waals surface area contributed by atoms with Gasteiger partial charge in [0.05, 0.1) is 12.3 Å². The standard InChI is InChI=1S/C30H43N7O3/c1-28(2,3)24(36-25(38)22-18-32-11-12-33-22)27(40)37-19-29(7-5-4-6-8-29)15-23(37)26(39)35-21(16-31)13-20-14-30(9-10-30)34-17-20/h11-12,18,20-21,23-24,34H,4-10,13-15,17,19H2,1-3H3,(H,35,39)(H,36,38). The molecule has 4 atom stereocenters. The maximum atomic E-state index is 14.2. The molecule has 0 radical (unpaired) electrons. The summed E-state index contributed by atoms with van der Waals surface area (Å²) in [5.41, 5.74) is -0.311. The van der Waals surface area contributed by atoms with Crippen molar-refractivity contribution in [3.8, 4) is 6.07 Å². The molecule has 2 saturated heterocycles. The molecule has 3 N–H and O–H groups in total. The lowest BCUT2D eigenvalue weighted by molar-refractivity contribution is -0.142. The van der Waals surface area contributed by atoms with Crippen LogP contribution >= 0.6 is 0 Å². The van der Waals surface area contributed by atoms with Gasteiger partial charge in [-0.3, -0.25) is 19.4 Å². The van der Waals surface area contributed by atoms with Crippen molar-refractivity contribution >= 4 is 17.7 Å². The minimum Gasteiger partial charge on any atom is -0.339 e. The first-order valence-electron chi connectivity index (χ1n) is 14.9. The van der Waals surface area contributed by atoms with Crippen LogP contribution in [0.4, 0.5) is 0 Å². The average Bonchev–Trinajstić information content (AvgIpc) is 3.43. The van der Waals surface area contributed by atoms with E-state index in [-0.39, 0.29) is 28.5 Å². The molecule has 10 nitrogen and oxygen atoms in total. The van der Waals surface area contributed by atoms with E-state index in [0.717, 1.165) is 38.6 Å². The highest BCUT2D eigenvalue weighted by Crippen LogP contribution is 2.47. The second-order valence-corrected chi connectivity index (χ2v) is 13.8. The molecule has 4 unspecified atom stereocenters. The van der Waals surface area contributed by atoms with Crippen LogP contribution in [0.15, 0.2) is 18.6 Å². The molecule has 4 aliphatic rings. The van der Waals surface area contributed by atoms with E-state index in [1.807, 2.05) is 20.8 Å². The van der Waals surface area contributed by atoms with Gasteiger partial charge >= 0.3 is 0 Å². The van der Waals surface area contributed by atoms with Crippen LogP contribution in [0, 0.1) is 28.1 Å². The molecule has 3 heterocycles. The van der Waals surface area contributed by atoms with Crippen molar-refractivity contribution in [1.82, 2.24) is 30.8 Å². The van der Waals surface area contributed by atoms with Crippen molar-refractivity contribution < 1.29 is 14.4 Å². The van der Waals surface area contributed by atoms with E-state index < -0.39 is 29.4 Å². The van der Waals surface area contributed by atoms with E-state index in [2.05, 4.69) is 32.0 Å². The highest BCUT2D eigenvalue weighted by molar-refractivity contribution is 5.97. The fraction of sp³-hybridized carbons (Fsp3) is 0.733. The van der Waals surface area contributed by atoms with Crippen molar-refractivity contribution in [1.29, 1.82) is 5.26 Å². The number of hydrogen-bond donors (Lipinski definition) is 3. The van der Waals surface area contributed by atoms with E-state index in [1.165, 1.54) is 37.9 Å². The van der Waals surface area contributed by atoms with Crippen LogP contribution in [0.2, 0.25) is 0 Å². The lowest BCUT2D eigenvalue weighted by Crippen LogP contribution is -2.58. The summed E-state index contributed by atoms with van der Waals surface area (Å²) in [6.07, 6.45) is 14.2. The third-order valence-corrected chi connectivity index (χ3v) is 9.53. The van der Waals surface area contributed by atoms with Crippen LogP contribution < -0.4 is 16.0 Å². The fourth-order valence-corrected chi connectivity index (χ4v) is 7.12. The number of nitrogens with zero attached hydrogens (tertiary/aromatic N) is 4. The number of nitrogens with one attached hydrogen (secondary N) is 3. The molecular weight excluding hydrogens is 506 g/mol. The highest BCUT2D eigenvalue weighted by atomic mass is 16.2. The van der Waals surface area contributed by atoms with E-state index in [4.69, 9.17) is 0 Å². The molecule has 10 heteroatoms. The molecule has 1 aromatic heterocycles. The summed E-state index contributed by atoms with van der Waals surface area (Å²) >= 11 is 0. The van der Waals surface area contributed by atoms with Gasteiger partial charge in [-0.15, -0.1) is 0 Å². The molecule has 2 spiro atoms. The molecule has 2 aliphatic heterocycles. The van der Waals surface area contributed by atoms with Crippen LogP contribution in [0.5, 0.6) is 0 Å². The lowest BCUT2D eigenvalue weighted by atomic mass is 9.72. The third kappa shape index (κ3) is 6.14. The zero-order chi connectivity index (χ0) is 28.5. The van der Waals surface area contributed by atoms with Crippen molar-refractivity contribution in [3.63, 3.8) is 0 Å².